The fraction of sp³-hybridized carbons (Fsp3) is 0.176. The molecule has 1 N–H and O–H groups in total. The zero-order valence-corrected chi connectivity index (χ0v) is 16.0. The van der Waals surface area contributed by atoms with Crippen LogP contribution in [0, 0.1) is 13.8 Å². The highest BCUT2D eigenvalue weighted by Crippen LogP contribution is 2.36. The highest BCUT2D eigenvalue weighted by molar-refractivity contribution is 6.40. The second kappa shape index (κ2) is 7.61. The van der Waals surface area contributed by atoms with Gasteiger partial charge in [0.2, 0.25) is 0 Å². The molecule has 6 nitrogen and oxygen atoms in total. The molecule has 26 heavy (non-hydrogen) atoms. The first kappa shape index (κ1) is 18.6. The van der Waals surface area contributed by atoms with Crippen molar-refractivity contribution in [3.63, 3.8) is 0 Å². The topological polar surface area (TPSA) is 77.5 Å². The fourth-order valence-corrected chi connectivity index (χ4v) is 3.15. The van der Waals surface area contributed by atoms with Crippen LogP contribution < -0.4 is 10.1 Å². The van der Waals surface area contributed by atoms with Crippen LogP contribution in [-0.4, -0.2) is 11.1 Å². The van der Waals surface area contributed by atoms with Crippen molar-refractivity contribution in [1.82, 2.24) is 5.16 Å². The van der Waals surface area contributed by atoms with Crippen molar-refractivity contribution in [3.05, 3.63) is 62.3 Å². The molecule has 0 aliphatic heterocycles. The van der Waals surface area contributed by atoms with Crippen molar-refractivity contribution in [2.45, 2.75) is 20.5 Å². The summed E-state index contributed by atoms with van der Waals surface area (Å²) >= 11 is 18.0. The molecule has 2 aromatic heterocycles. The lowest BCUT2D eigenvalue weighted by Crippen LogP contribution is -2.12. The number of carbonyl (C=O) groups excluding carboxylic acids is 1. The maximum Gasteiger partial charge on any atom is 0.291 e. The molecule has 0 fully saturated rings. The van der Waals surface area contributed by atoms with Gasteiger partial charge >= 0.3 is 0 Å². The zero-order valence-electron chi connectivity index (χ0n) is 13.7. The van der Waals surface area contributed by atoms with Gasteiger partial charge in [0, 0.05) is 5.02 Å². The molecule has 3 rings (SSSR count). The van der Waals surface area contributed by atoms with Crippen molar-refractivity contribution < 1.29 is 18.5 Å². The second-order valence-corrected chi connectivity index (χ2v) is 6.66. The quantitative estimate of drug-likeness (QED) is 0.580. The van der Waals surface area contributed by atoms with E-state index in [0.29, 0.717) is 27.9 Å². The SMILES string of the molecule is Cc1noc(C)c1NC(=O)c1ccc(COc2c(Cl)cc(Cl)cc2Cl)o1. The van der Waals surface area contributed by atoms with Gasteiger partial charge in [-0.25, -0.2) is 0 Å². The number of carbonyl (C=O) groups is 1. The molecule has 2 heterocycles. The van der Waals surface area contributed by atoms with Crippen molar-refractivity contribution in [3.8, 4) is 5.75 Å². The van der Waals surface area contributed by atoms with Crippen LogP contribution in [0.1, 0.15) is 27.8 Å². The number of amides is 1. The predicted molar refractivity (Wildman–Crippen MR) is 98.4 cm³/mol. The molecule has 0 bridgehead atoms. The number of furan rings is 1. The number of aryl methyl sites for hydroxylation is 2. The van der Waals surface area contributed by atoms with Crippen LogP contribution >= 0.6 is 34.8 Å². The summed E-state index contributed by atoms with van der Waals surface area (Å²) in [7, 11) is 0. The van der Waals surface area contributed by atoms with Gasteiger partial charge in [-0.3, -0.25) is 4.79 Å². The summed E-state index contributed by atoms with van der Waals surface area (Å²) in [5.41, 5.74) is 1.10. The number of nitrogens with one attached hydrogen (secondary N) is 1. The molecule has 3 aromatic rings. The summed E-state index contributed by atoms with van der Waals surface area (Å²) < 4.78 is 16.1. The molecule has 9 heteroatoms. The van der Waals surface area contributed by atoms with E-state index in [1.54, 1.807) is 19.9 Å². The number of aromatic nitrogens is 1. The Bertz CT molecular complexity index is 922. The van der Waals surface area contributed by atoms with Crippen LogP contribution in [0.15, 0.2) is 33.2 Å². The Morgan fingerprint density at radius 1 is 1.19 bits per heavy atom. The lowest BCUT2D eigenvalue weighted by atomic mass is 10.3. The Balaban J connectivity index is 1.68. The predicted octanol–water partition coefficient (Wildman–Crippen LogP) is 5.68. The van der Waals surface area contributed by atoms with Crippen molar-refractivity contribution in [2.24, 2.45) is 0 Å². The minimum atomic E-state index is -0.423. The summed E-state index contributed by atoms with van der Waals surface area (Å²) in [5, 5.41) is 7.45. The van der Waals surface area contributed by atoms with E-state index in [4.69, 9.17) is 48.5 Å². The molecule has 0 aliphatic rings. The zero-order chi connectivity index (χ0) is 18.8. The molecular formula is C17H13Cl3N2O4. The van der Waals surface area contributed by atoms with Gasteiger partial charge < -0.3 is 19.0 Å². The van der Waals surface area contributed by atoms with Crippen molar-refractivity contribution in [1.29, 1.82) is 0 Å². The maximum atomic E-state index is 12.3. The van der Waals surface area contributed by atoms with Crippen LogP contribution in [0.3, 0.4) is 0 Å². The number of rotatable bonds is 5. The largest absolute Gasteiger partial charge is 0.483 e. The van der Waals surface area contributed by atoms with Gasteiger partial charge in [0.1, 0.15) is 23.7 Å². The second-order valence-electron chi connectivity index (χ2n) is 5.41. The van der Waals surface area contributed by atoms with Gasteiger partial charge in [-0.15, -0.1) is 0 Å². The van der Waals surface area contributed by atoms with Crippen molar-refractivity contribution in [2.75, 3.05) is 5.32 Å². The van der Waals surface area contributed by atoms with E-state index in [2.05, 4.69) is 10.5 Å². The van der Waals surface area contributed by atoms with Gasteiger partial charge in [-0.2, -0.15) is 0 Å². The molecule has 136 valence electrons. The molecular weight excluding hydrogens is 403 g/mol. The first-order chi connectivity index (χ1) is 12.3. The minimum absolute atomic E-state index is 0.0413. The highest BCUT2D eigenvalue weighted by Gasteiger charge is 2.17. The molecule has 0 saturated heterocycles. The summed E-state index contributed by atoms with van der Waals surface area (Å²) in [4.78, 5) is 12.3. The van der Waals surface area contributed by atoms with Gasteiger partial charge in [-0.05, 0) is 38.1 Å². The smallest absolute Gasteiger partial charge is 0.291 e. The normalized spacial score (nSPS) is 10.8. The highest BCUT2D eigenvalue weighted by atomic mass is 35.5. The number of anilines is 1. The maximum absolute atomic E-state index is 12.3. The molecule has 0 unspecified atom stereocenters. The Labute approximate surface area is 163 Å². The first-order valence-corrected chi connectivity index (χ1v) is 8.59. The average Bonchev–Trinajstić information content (AvgIpc) is 3.16. The van der Waals surface area contributed by atoms with E-state index in [-0.39, 0.29) is 28.2 Å². The van der Waals surface area contributed by atoms with Crippen molar-refractivity contribution >= 4 is 46.4 Å². The lowest BCUT2D eigenvalue weighted by Gasteiger charge is -2.09. The van der Waals surface area contributed by atoms with E-state index >= 15 is 0 Å². The van der Waals surface area contributed by atoms with Gasteiger partial charge in [-0.1, -0.05) is 40.0 Å². The van der Waals surface area contributed by atoms with Crippen LogP contribution in [0.4, 0.5) is 5.69 Å². The Morgan fingerprint density at radius 2 is 1.88 bits per heavy atom. The van der Waals surface area contributed by atoms with E-state index in [0.717, 1.165) is 0 Å². The van der Waals surface area contributed by atoms with Crippen LogP contribution in [0.5, 0.6) is 5.75 Å². The summed E-state index contributed by atoms with van der Waals surface area (Å²) in [6.45, 7) is 3.48. The third kappa shape index (κ3) is 3.98. The Morgan fingerprint density at radius 3 is 2.50 bits per heavy atom. The van der Waals surface area contributed by atoms with Crippen LogP contribution in [0.2, 0.25) is 15.1 Å². The molecule has 0 radical (unpaired) electrons. The van der Waals surface area contributed by atoms with Gasteiger partial charge in [0.05, 0.1) is 10.0 Å². The molecule has 0 saturated carbocycles. The summed E-state index contributed by atoms with van der Waals surface area (Å²) in [6, 6.07) is 6.21. The number of hydrogen-bond acceptors (Lipinski definition) is 5. The van der Waals surface area contributed by atoms with Gasteiger partial charge in [0.15, 0.2) is 17.3 Å². The van der Waals surface area contributed by atoms with E-state index in [1.165, 1.54) is 18.2 Å². The number of halogens is 3. The van der Waals surface area contributed by atoms with E-state index < -0.39 is 5.91 Å². The Hall–Kier alpha value is -2.15. The lowest BCUT2D eigenvalue weighted by molar-refractivity contribution is 0.0992. The standard InChI is InChI=1S/C17H13Cl3N2O4/c1-8-15(9(2)26-22-8)21-17(23)14-4-3-11(25-14)7-24-16-12(19)5-10(18)6-13(16)20/h3-6H,7H2,1-2H3,(H,21,23). The van der Waals surface area contributed by atoms with E-state index in [1.807, 2.05) is 0 Å². The summed E-state index contributed by atoms with van der Waals surface area (Å²) in [6.07, 6.45) is 0. The number of nitrogens with zero attached hydrogens (tertiary/aromatic N) is 1. The average molecular weight is 416 g/mol. The number of hydrogen-bond donors (Lipinski definition) is 1. The van der Waals surface area contributed by atoms with E-state index in [9.17, 15) is 4.79 Å². The number of ether oxygens (including phenoxy) is 1. The number of benzene rings is 1. The van der Waals surface area contributed by atoms with Crippen LogP contribution in [0.25, 0.3) is 0 Å². The minimum Gasteiger partial charge on any atom is -0.483 e. The molecule has 0 aliphatic carbocycles. The summed E-state index contributed by atoms with van der Waals surface area (Å²) in [5.74, 6) is 0.926. The molecule has 1 aromatic carbocycles. The molecule has 1 amide bonds. The monoisotopic (exact) mass is 414 g/mol. The van der Waals surface area contributed by atoms with Crippen LogP contribution in [-0.2, 0) is 6.61 Å². The fourth-order valence-electron chi connectivity index (χ4n) is 2.22. The van der Waals surface area contributed by atoms with Gasteiger partial charge in [0.25, 0.3) is 5.91 Å². The third-order valence-corrected chi connectivity index (χ3v) is 4.26. The first-order valence-electron chi connectivity index (χ1n) is 7.45. The molecule has 0 atom stereocenters. The Kier molecular flexibility index (Phi) is 5.46. The third-order valence-electron chi connectivity index (χ3n) is 3.48. The molecule has 0 spiro atoms.